The van der Waals surface area contributed by atoms with Gasteiger partial charge in [-0.3, -0.25) is 14.1 Å². The molecule has 0 aromatic carbocycles. The lowest BCUT2D eigenvalue weighted by atomic mass is 10.0. The van der Waals surface area contributed by atoms with E-state index in [2.05, 4.69) is 67.0 Å². The standard InChI is InChI=1S/C47H85O8P/c1-3-5-7-9-11-13-15-17-19-20-21-22-23-24-25-26-28-30-32-34-36-38-40-42-47(49)55-45(44-54-56(50,51)52)43-53-46(48)41-39-37-35-33-31-29-27-18-16-14-12-10-8-6-4-2/h12,14,18,27,31,33-34,36,45H,3-11,13,15-17,19-26,28-30,32,35,37-44H2,1-2H3,(H2,50,51,52)/b14-12+,27-18+,33-31+,36-34+/t45-/m1/s1. The molecule has 2 N–H and O–H groups in total. The van der Waals surface area contributed by atoms with E-state index in [4.69, 9.17) is 19.3 Å². The average molecular weight is 809 g/mol. The summed E-state index contributed by atoms with van der Waals surface area (Å²) in [5, 5.41) is 0. The van der Waals surface area contributed by atoms with Crippen LogP contribution in [0.25, 0.3) is 0 Å². The van der Waals surface area contributed by atoms with Gasteiger partial charge in [0.15, 0.2) is 6.10 Å². The average Bonchev–Trinajstić information content (AvgIpc) is 3.17. The Morgan fingerprint density at radius 1 is 0.464 bits per heavy atom. The molecule has 0 rings (SSSR count). The van der Waals surface area contributed by atoms with Crippen LogP contribution in [0.5, 0.6) is 0 Å². The molecule has 0 fully saturated rings. The van der Waals surface area contributed by atoms with Gasteiger partial charge in [-0.05, 0) is 70.6 Å². The summed E-state index contributed by atoms with van der Waals surface area (Å²) in [6.07, 6.45) is 52.9. The highest BCUT2D eigenvalue weighted by Crippen LogP contribution is 2.36. The summed E-state index contributed by atoms with van der Waals surface area (Å²) in [4.78, 5) is 42.9. The Labute approximate surface area is 344 Å². The highest BCUT2D eigenvalue weighted by Gasteiger charge is 2.22. The van der Waals surface area contributed by atoms with E-state index in [1.54, 1.807) is 0 Å². The van der Waals surface area contributed by atoms with Crippen molar-refractivity contribution in [2.45, 2.75) is 225 Å². The predicted octanol–water partition coefficient (Wildman–Crippen LogP) is 14.3. The number of carbonyl (C=O) groups excluding carboxylic acids is 2. The molecule has 0 bridgehead atoms. The molecule has 0 aliphatic heterocycles. The van der Waals surface area contributed by atoms with Crippen molar-refractivity contribution in [1.82, 2.24) is 0 Å². The summed E-state index contributed by atoms with van der Waals surface area (Å²) in [5.74, 6) is -0.963. The smallest absolute Gasteiger partial charge is 0.462 e. The van der Waals surface area contributed by atoms with Crippen LogP contribution in [0.1, 0.15) is 219 Å². The molecule has 1 atom stereocenters. The first-order chi connectivity index (χ1) is 27.3. The summed E-state index contributed by atoms with van der Waals surface area (Å²) < 4.78 is 26.4. The van der Waals surface area contributed by atoms with Gasteiger partial charge in [0.2, 0.25) is 0 Å². The van der Waals surface area contributed by atoms with E-state index < -0.39 is 32.5 Å². The van der Waals surface area contributed by atoms with Crippen LogP contribution in [0.3, 0.4) is 0 Å². The van der Waals surface area contributed by atoms with Gasteiger partial charge in [0, 0.05) is 12.8 Å². The third-order valence-electron chi connectivity index (χ3n) is 9.82. The summed E-state index contributed by atoms with van der Waals surface area (Å²) in [5.41, 5.74) is 0. The largest absolute Gasteiger partial charge is 0.469 e. The Morgan fingerprint density at radius 2 is 0.821 bits per heavy atom. The molecule has 0 saturated carbocycles. The molecule has 9 heteroatoms. The van der Waals surface area contributed by atoms with Crippen molar-refractivity contribution in [3.05, 3.63) is 48.6 Å². The normalized spacial score (nSPS) is 12.9. The van der Waals surface area contributed by atoms with Crippen LogP contribution in [0.2, 0.25) is 0 Å². The van der Waals surface area contributed by atoms with E-state index in [1.165, 1.54) is 135 Å². The Morgan fingerprint density at radius 3 is 1.30 bits per heavy atom. The molecule has 0 saturated heterocycles. The number of hydrogen-bond donors (Lipinski definition) is 2. The number of phosphoric acid groups is 1. The highest BCUT2D eigenvalue weighted by molar-refractivity contribution is 7.46. The van der Waals surface area contributed by atoms with Crippen LogP contribution >= 0.6 is 7.82 Å². The van der Waals surface area contributed by atoms with Gasteiger partial charge in [-0.25, -0.2) is 4.57 Å². The fourth-order valence-electron chi connectivity index (χ4n) is 6.38. The Balaban J connectivity index is 3.92. The summed E-state index contributed by atoms with van der Waals surface area (Å²) in [6, 6.07) is 0. The number of esters is 2. The van der Waals surface area contributed by atoms with Crippen LogP contribution < -0.4 is 0 Å². The fourth-order valence-corrected chi connectivity index (χ4v) is 6.74. The number of ether oxygens (including phenoxy) is 2. The molecular weight excluding hydrogens is 723 g/mol. The monoisotopic (exact) mass is 809 g/mol. The number of phosphoric ester groups is 1. The second-order valence-electron chi connectivity index (χ2n) is 15.4. The summed E-state index contributed by atoms with van der Waals surface area (Å²) >= 11 is 0. The second kappa shape index (κ2) is 42.6. The molecule has 326 valence electrons. The van der Waals surface area contributed by atoms with Gasteiger partial charge < -0.3 is 19.3 Å². The van der Waals surface area contributed by atoms with Crippen LogP contribution in [0, 0.1) is 0 Å². The zero-order valence-electron chi connectivity index (χ0n) is 36.0. The maximum atomic E-state index is 12.4. The van der Waals surface area contributed by atoms with Gasteiger partial charge in [-0.1, -0.05) is 184 Å². The maximum absolute atomic E-state index is 12.4. The van der Waals surface area contributed by atoms with Gasteiger partial charge in [0.05, 0.1) is 6.61 Å². The molecule has 0 unspecified atom stereocenters. The molecule has 0 spiro atoms. The zero-order chi connectivity index (χ0) is 41.1. The fraction of sp³-hybridized carbons (Fsp3) is 0.787. The van der Waals surface area contributed by atoms with Gasteiger partial charge in [0.1, 0.15) is 6.61 Å². The van der Waals surface area contributed by atoms with E-state index in [9.17, 15) is 14.2 Å². The van der Waals surface area contributed by atoms with Crippen LogP contribution in [-0.2, 0) is 28.2 Å². The van der Waals surface area contributed by atoms with Crippen molar-refractivity contribution in [3.63, 3.8) is 0 Å². The summed E-state index contributed by atoms with van der Waals surface area (Å²) in [6.45, 7) is 3.62. The van der Waals surface area contributed by atoms with Crippen molar-refractivity contribution in [2.24, 2.45) is 0 Å². The van der Waals surface area contributed by atoms with Gasteiger partial charge >= 0.3 is 19.8 Å². The Kier molecular flexibility index (Phi) is 41.1. The second-order valence-corrected chi connectivity index (χ2v) is 16.6. The van der Waals surface area contributed by atoms with E-state index in [0.717, 1.165) is 44.9 Å². The molecule has 0 aliphatic carbocycles. The minimum atomic E-state index is -4.77. The van der Waals surface area contributed by atoms with Crippen LogP contribution in [0.4, 0.5) is 0 Å². The molecular formula is C47H85O8P. The molecule has 0 aromatic rings. The first kappa shape index (κ1) is 54.0. The van der Waals surface area contributed by atoms with Crippen molar-refractivity contribution in [2.75, 3.05) is 13.2 Å². The van der Waals surface area contributed by atoms with Gasteiger partial charge in [-0.2, -0.15) is 0 Å². The lowest BCUT2D eigenvalue weighted by Crippen LogP contribution is -2.29. The van der Waals surface area contributed by atoms with Gasteiger partial charge in [-0.15, -0.1) is 0 Å². The van der Waals surface area contributed by atoms with E-state index in [1.807, 2.05) is 0 Å². The lowest BCUT2D eigenvalue weighted by Gasteiger charge is -2.18. The number of hydrogen-bond acceptors (Lipinski definition) is 6. The van der Waals surface area contributed by atoms with Crippen LogP contribution in [-0.4, -0.2) is 41.0 Å². The minimum Gasteiger partial charge on any atom is -0.462 e. The lowest BCUT2D eigenvalue weighted by molar-refractivity contribution is -0.161. The molecule has 0 heterocycles. The maximum Gasteiger partial charge on any atom is 0.469 e. The van der Waals surface area contributed by atoms with Crippen molar-refractivity contribution in [3.8, 4) is 0 Å². The minimum absolute atomic E-state index is 0.156. The van der Waals surface area contributed by atoms with E-state index >= 15 is 0 Å². The molecule has 0 amide bonds. The quantitative estimate of drug-likeness (QED) is 0.0271. The Bertz CT molecular complexity index is 1050. The number of rotatable bonds is 42. The first-order valence-corrected chi connectivity index (χ1v) is 24.5. The molecule has 0 radical (unpaired) electrons. The number of unbranched alkanes of at least 4 members (excludes halogenated alkanes) is 24. The highest BCUT2D eigenvalue weighted by atomic mass is 31.2. The van der Waals surface area contributed by atoms with Crippen molar-refractivity contribution in [1.29, 1.82) is 0 Å². The third-order valence-corrected chi connectivity index (χ3v) is 10.3. The van der Waals surface area contributed by atoms with E-state index in [0.29, 0.717) is 12.8 Å². The SMILES string of the molecule is CCCCC/C=C/C/C=C/C/C=C/CCCCC(=O)OC[C@H](COP(=O)(O)O)OC(=O)CCC/C=C/CCCCCCCCCCCCCCCCCCCC. The van der Waals surface area contributed by atoms with E-state index in [-0.39, 0.29) is 19.4 Å². The molecule has 0 aliphatic rings. The third kappa shape index (κ3) is 44.7. The van der Waals surface area contributed by atoms with Crippen molar-refractivity contribution >= 4 is 19.8 Å². The first-order valence-electron chi connectivity index (χ1n) is 22.9. The number of allylic oxidation sites excluding steroid dienone is 8. The molecule has 8 nitrogen and oxygen atoms in total. The summed E-state index contributed by atoms with van der Waals surface area (Å²) in [7, 11) is -4.77. The molecule has 0 aromatic heterocycles. The molecule has 56 heavy (non-hydrogen) atoms. The van der Waals surface area contributed by atoms with Crippen molar-refractivity contribution < 1.29 is 37.9 Å². The Hall–Kier alpha value is -1.99. The predicted molar refractivity (Wildman–Crippen MR) is 234 cm³/mol. The topological polar surface area (TPSA) is 119 Å². The number of carbonyl (C=O) groups is 2. The zero-order valence-corrected chi connectivity index (χ0v) is 36.9. The van der Waals surface area contributed by atoms with Gasteiger partial charge in [0.25, 0.3) is 0 Å². The van der Waals surface area contributed by atoms with Crippen LogP contribution in [0.15, 0.2) is 48.6 Å².